The fourth-order valence-electron chi connectivity index (χ4n) is 2.37. The number of nitrogens with zero attached hydrogens (tertiary/aromatic N) is 1. The predicted octanol–water partition coefficient (Wildman–Crippen LogP) is 2.85. The molecule has 1 saturated heterocycles. The maximum absolute atomic E-state index is 3.60. The van der Waals surface area contributed by atoms with E-state index in [4.69, 9.17) is 0 Å². The van der Waals surface area contributed by atoms with Gasteiger partial charge in [0.15, 0.2) is 0 Å². The minimum Gasteiger partial charge on any atom is -0.309 e. The minimum atomic E-state index is 0.254. The standard InChI is InChI=1S/C15H24N2S/c1-13-11-16-15(2,3)12-17(13)9-10-18-14-7-5-4-6-8-14/h4-8,13,16H,9-12H2,1-3H3. The lowest BCUT2D eigenvalue weighted by Gasteiger charge is -2.43. The summed E-state index contributed by atoms with van der Waals surface area (Å²) < 4.78 is 0. The van der Waals surface area contributed by atoms with Gasteiger partial charge in [0.25, 0.3) is 0 Å². The highest BCUT2D eigenvalue weighted by Gasteiger charge is 2.29. The first-order valence-corrected chi connectivity index (χ1v) is 7.72. The molecule has 0 saturated carbocycles. The van der Waals surface area contributed by atoms with Gasteiger partial charge in [-0.3, -0.25) is 4.90 Å². The normalized spacial score (nSPS) is 24.1. The zero-order valence-corrected chi connectivity index (χ0v) is 12.5. The van der Waals surface area contributed by atoms with Gasteiger partial charge in [-0.2, -0.15) is 0 Å². The maximum Gasteiger partial charge on any atom is 0.0252 e. The van der Waals surface area contributed by atoms with Crippen LogP contribution in [0, 0.1) is 0 Å². The largest absolute Gasteiger partial charge is 0.309 e. The van der Waals surface area contributed by atoms with Gasteiger partial charge in [-0.1, -0.05) is 18.2 Å². The first kappa shape index (κ1) is 13.9. The molecule has 18 heavy (non-hydrogen) atoms. The fraction of sp³-hybridized carbons (Fsp3) is 0.600. The molecule has 1 N–H and O–H groups in total. The Labute approximate surface area is 115 Å². The SMILES string of the molecule is CC1CNC(C)(C)CN1CCSc1ccccc1. The van der Waals surface area contributed by atoms with Gasteiger partial charge in [-0.15, -0.1) is 11.8 Å². The van der Waals surface area contributed by atoms with Crippen LogP contribution < -0.4 is 5.32 Å². The topological polar surface area (TPSA) is 15.3 Å². The molecule has 1 atom stereocenters. The average molecular weight is 264 g/mol. The number of piperazine rings is 1. The Bertz CT molecular complexity index is 364. The number of thioether (sulfide) groups is 1. The Kier molecular flexibility index (Phi) is 4.71. The maximum atomic E-state index is 3.60. The van der Waals surface area contributed by atoms with Crippen LogP contribution in [0.2, 0.25) is 0 Å². The molecule has 1 unspecified atom stereocenters. The fourth-order valence-corrected chi connectivity index (χ4v) is 3.28. The molecule has 1 heterocycles. The molecule has 1 aliphatic rings. The molecule has 1 fully saturated rings. The number of hydrogen-bond acceptors (Lipinski definition) is 3. The molecule has 1 aliphatic heterocycles. The highest BCUT2D eigenvalue weighted by molar-refractivity contribution is 7.99. The lowest BCUT2D eigenvalue weighted by Crippen LogP contribution is -2.61. The van der Waals surface area contributed by atoms with E-state index in [0.29, 0.717) is 6.04 Å². The first-order valence-electron chi connectivity index (χ1n) is 6.74. The highest BCUT2D eigenvalue weighted by atomic mass is 32.2. The van der Waals surface area contributed by atoms with Crippen LogP contribution in [-0.2, 0) is 0 Å². The predicted molar refractivity (Wildman–Crippen MR) is 80.3 cm³/mol. The number of benzene rings is 1. The van der Waals surface area contributed by atoms with E-state index in [0.717, 1.165) is 13.1 Å². The van der Waals surface area contributed by atoms with Gasteiger partial charge in [0, 0.05) is 41.9 Å². The molecule has 100 valence electrons. The van der Waals surface area contributed by atoms with E-state index < -0.39 is 0 Å². The summed E-state index contributed by atoms with van der Waals surface area (Å²) in [5.41, 5.74) is 0.254. The van der Waals surface area contributed by atoms with Gasteiger partial charge in [0.1, 0.15) is 0 Å². The van der Waals surface area contributed by atoms with E-state index in [1.54, 1.807) is 0 Å². The van der Waals surface area contributed by atoms with E-state index in [2.05, 4.69) is 61.3 Å². The van der Waals surface area contributed by atoms with Gasteiger partial charge < -0.3 is 5.32 Å². The van der Waals surface area contributed by atoms with Gasteiger partial charge in [-0.25, -0.2) is 0 Å². The van der Waals surface area contributed by atoms with E-state index in [1.165, 1.54) is 17.2 Å². The summed E-state index contributed by atoms with van der Waals surface area (Å²) in [6.45, 7) is 10.3. The van der Waals surface area contributed by atoms with Crippen molar-refractivity contribution in [2.45, 2.75) is 37.2 Å². The Morgan fingerprint density at radius 1 is 1.33 bits per heavy atom. The van der Waals surface area contributed by atoms with E-state index in [1.807, 2.05) is 11.8 Å². The number of nitrogens with one attached hydrogen (secondary N) is 1. The summed E-state index contributed by atoms with van der Waals surface area (Å²) in [4.78, 5) is 3.98. The Balaban J connectivity index is 1.79. The van der Waals surface area contributed by atoms with Crippen molar-refractivity contribution in [2.24, 2.45) is 0 Å². The zero-order chi connectivity index (χ0) is 13.0. The van der Waals surface area contributed by atoms with Crippen LogP contribution in [0.4, 0.5) is 0 Å². The molecule has 2 rings (SSSR count). The third-order valence-electron chi connectivity index (χ3n) is 3.49. The molecule has 0 aromatic heterocycles. The summed E-state index contributed by atoms with van der Waals surface area (Å²) in [6.07, 6.45) is 0. The summed E-state index contributed by atoms with van der Waals surface area (Å²) in [7, 11) is 0. The Hall–Kier alpha value is -0.510. The van der Waals surface area contributed by atoms with Crippen LogP contribution in [0.1, 0.15) is 20.8 Å². The molecule has 0 aliphatic carbocycles. The summed E-state index contributed by atoms with van der Waals surface area (Å²) >= 11 is 1.95. The summed E-state index contributed by atoms with van der Waals surface area (Å²) in [6, 6.07) is 11.3. The minimum absolute atomic E-state index is 0.254. The van der Waals surface area contributed by atoms with Crippen LogP contribution in [0.25, 0.3) is 0 Å². The smallest absolute Gasteiger partial charge is 0.0252 e. The first-order chi connectivity index (χ1) is 8.57. The van der Waals surface area contributed by atoms with Gasteiger partial charge >= 0.3 is 0 Å². The molecule has 0 bridgehead atoms. The second-order valence-electron chi connectivity index (χ2n) is 5.75. The zero-order valence-electron chi connectivity index (χ0n) is 11.6. The molecule has 1 aromatic carbocycles. The van der Waals surface area contributed by atoms with Crippen molar-refractivity contribution in [3.63, 3.8) is 0 Å². The Morgan fingerprint density at radius 2 is 2.06 bits per heavy atom. The second kappa shape index (κ2) is 6.09. The van der Waals surface area contributed by atoms with Gasteiger partial charge in [0.2, 0.25) is 0 Å². The van der Waals surface area contributed by atoms with Gasteiger partial charge in [-0.05, 0) is 32.9 Å². The van der Waals surface area contributed by atoms with Crippen LogP contribution in [-0.4, -0.2) is 41.9 Å². The molecule has 2 nitrogen and oxygen atoms in total. The number of hydrogen-bond donors (Lipinski definition) is 1. The molecule has 0 spiro atoms. The average Bonchev–Trinajstić information content (AvgIpc) is 2.35. The molecule has 0 radical (unpaired) electrons. The lowest BCUT2D eigenvalue weighted by atomic mass is 9.99. The molecule has 0 amide bonds. The van der Waals surface area contributed by atoms with E-state index in [9.17, 15) is 0 Å². The summed E-state index contributed by atoms with van der Waals surface area (Å²) in [5.74, 6) is 1.17. The van der Waals surface area contributed by atoms with Crippen molar-refractivity contribution in [3.05, 3.63) is 30.3 Å². The third-order valence-corrected chi connectivity index (χ3v) is 4.48. The van der Waals surface area contributed by atoms with Gasteiger partial charge in [0.05, 0.1) is 0 Å². The molecule has 1 aromatic rings. The van der Waals surface area contributed by atoms with Crippen molar-refractivity contribution in [2.75, 3.05) is 25.4 Å². The van der Waals surface area contributed by atoms with Crippen LogP contribution in [0.15, 0.2) is 35.2 Å². The Morgan fingerprint density at radius 3 is 2.78 bits per heavy atom. The van der Waals surface area contributed by atoms with Crippen LogP contribution in [0.5, 0.6) is 0 Å². The quantitative estimate of drug-likeness (QED) is 0.842. The van der Waals surface area contributed by atoms with E-state index in [-0.39, 0.29) is 5.54 Å². The third kappa shape index (κ3) is 4.01. The monoisotopic (exact) mass is 264 g/mol. The van der Waals surface area contributed by atoms with E-state index >= 15 is 0 Å². The van der Waals surface area contributed by atoms with Crippen molar-refractivity contribution in [1.29, 1.82) is 0 Å². The lowest BCUT2D eigenvalue weighted by molar-refractivity contribution is 0.112. The molecular formula is C15H24N2S. The highest BCUT2D eigenvalue weighted by Crippen LogP contribution is 2.19. The molecular weight excluding hydrogens is 240 g/mol. The van der Waals surface area contributed by atoms with Crippen molar-refractivity contribution in [1.82, 2.24) is 10.2 Å². The van der Waals surface area contributed by atoms with Crippen molar-refractivity contribution < 1.29 is 0 Å². The summed E-state index contributed by atoms with van der Waals surface area (Å²) in [5, 5.41) is 3.60. The second-order valence-corrected chi connectivity index (χ2v) is 6.91. The van der Waals surface area contributed by atoms with Crippen LogP contribution in [0.3, 0.4) is 0 Å². The van der Waals surface area contributed by atoms with Crippen LogP contribution >= 0.6 is 11.8 Å². The number of rotatable bonds is 4. The van der Waals surface area contributed by atoms with Crippen molar-refractivity contribution in [3.8, 4) is 0 Å². The molecule has 3 heteroatoms. The van der Waals surface area contributed by atoms with Crippen molar-refractivity contribution >= 4 is 11.8 Å².